The number of benzene rings is 1. The first-order valence-electron chi connectivity index (χ1n) is 5.68. The van der Waals surface area contributed by atoms with Gasteiger partial charge in [0, 0.05) is 11.4 Å². The first-order valence-corrected chi connectivity index (χ1v) is 6.83. The van der Waals surface area contributed by atoms with Crippen molar-refractivity contribution in [2.75, 3.05) is 0 Å². The molecule has 0 radical (unpaired) electrons. The molecule has 1 heterocycles. The number of carbonyl (C=O) groups excluding carboxylic acids is 1. The van der Waals surface area contributed by atoms with Crippen LogP contribution in [-0.4, -0.2) is 15.4 Å². The van der Waals surface area contributed by atoms with Crippen LogP contribution in [0.4, 0.5) is 0 Å². The molecule has 3 nitrogen and oxygen atoms in total. The van der Waals surface area contributed by atoms with Crippen LogP contribution in [0.3, 0.4) is 0 Å². The Hall–Kier alpha value is -1.26. The third-order valence-electron chi connectivity index (χ3n) is 2.62. The Kier molecular flexibility index (Phi) is 4.09. The summed E-state index contributed by atoms with van der Waals surface area (Å²) in [6.07, 6.45) is 0.295. The standard InChI is InChI=1S/C13H13ClN2OS/c1-8(2)12-13(18-16-15-12)11(17)7-9-5-3-4-6-10(9)14/h3-6,8H,7H2,1-2H3. The fourth-order valence-corrected chi connectivity index (χ4v) is 2.62. The minimum atomic E-state index is 0.0294. The second-order valence-corrected chi connectivity index (χ2v) is 5.49. The summed E-state index contributed by atoms with van der Waals surface area (Å²) in [7, 11) is 0. The van der Waals surface area contributed by atoms with Crippen LogP contribution in [0.25, 0.3) is 0 Å². The molecule has 0 atom stereocenters. The van der Waals surface area contributed by atoms with Crippen LogP contribution in [0.2, 0.25) is 5.02 Å². The molecule has 0 saturated carbocycles. The van der Waals surface area contributed by atoms with Gasteiger partial charge in [0.1, 0.15) is 4.88 Å². The Morgan fingerprint density at radius 2 is 2.11 bits per heavy atom. The lowest BCUT2D eigenvalue weighted by Crippen LogP contribution is -2.06. The molecule has 0 aliphatic heterocycles. The van der Waals surface area contributed by atoms with Crippen LogP contribution >= 0.6 is 23.1 Å². The Labute approximate surface area is 115 Å². The summed E-state index contributed by atoms with van der Waals surface area (Å²) in [5.74, 6) is 0.232. The molecule has 0 amide bonds. The number of rotatable bonds is 4. The number of carbonyl (C=O) groups is 1. The minimum Gasteiger partial charge on any atom is -0.293 e. The molecule has 0 saturated heterocycles. The average molecular weight is 281 g/mol. The van der Waals surface area contributed by atoms with Crippen LogP contribution < -0.4 is 0 Å². The summed E-state index contributed by atoms with van der Waals surface area (Å²) in [5, 5.41) is 4.64. The highest BCUT2D eigenvalue weighted by atomic mass is 35.5. The Morgan fingerprint density at radius 3 is 2.78 bits per heavy atom. The van der Waals surface area contributed by atoms with Gasteiger partial charge in [-0.2, -0.15) is 0 Å². The van der Waals surface area contributed by atoms with Crippen molar-refractivity contribution in [3.63, 3.8) is 0 Å². The van der Waals surface area contributed by atoms with Gasteiger partial charge in [0.05, 0.1) is 5.69 Å². The van der Waals surface area contributed by atoms with Gasteiger partial charge >= 0.3 is 0 Å². The molecular weight excluding hydrogens is 268 g/mol. The molecule has 2 aromatic rings. The highest BCUT2D eigenvalue weighted by Gasteiger charge is 2.19. The highest BCUT2D eigenvalue weighted by molar-refractivity contribution is 7.08. The third-order valence-corrected chi connectivity index (χ3v) is 3.77. The van der Waals surface area contributed by atoms with Crippen LogP contribution in [-0.2, 0) is 6.42 Å². The van der Waals surface area contributed by atoms with Crippen LogP contribution in [0.1, 0.15) is 40.7 Å². The van der Waals surface area contributed by atoms with Gasteiger partial charge in [0.2, 0.25) is 0 Å². The lowest BCUT2D eigenvalue weighted by molar-refractivity contribution is 0.0995. The van der Waals surface area contributed by atoms with Crippen molar-refractivity contribution in [1.29, 1.82) is 0 Å². The topological polar surface area (TPSA) is 42.9 Å². The fraction of sp³-hybridized carbons (Fsp3) is 0.308. The zero-order chi connectivity index (χ0) is 13.1. The molecule has 0 spiro atoms. The lowest BCUT2D eigenvalue weighted by atomic mass is 10.0. The molecular formula is C13H13ClN2OS. The second-order valence-electron chi connectivity index (χ2n) is 4.33. The van der Waals surface area contributed by atoms with Crippen molar-refractivity contribution >= 4 is 28.9 Å². The van der Waals surface area contributed by atoms with E-state index >= 15 is 0 Å². The molecule has 0 aliphatic carbocycles. The highest BCUT2D eigenvalue weighted by Crippen LogP contribution is 2.23. The van der Waals surface area contributed by atoms with E-state index < -0.39 is 0 Å². The van der Waals surface area contributed by atoms with Crippen LogP contribution in [0, 0.1) is 0 Å². The molecule has 0 aliphatic rings. The lowest BCUT2D eigenvalue weighted by Gasteiger charge is -2.04. The average Bonchev–Trinajstić information content (AvgIpc) is 2.81. The predicted molar refractivity (Wildman–Crippen MR) is 73.5 cm³/mol. The SMILES string of the molecule is CC(C)c1nnsc1C(=O)Cc1ccccc1Cl. The molecule has 1 aromatic carbocycles. The summed E-state index contributed by atoms with van der Waals surface area (Å²) in [6.45, 7) is 4.01. The van der Waals surface area contributed by atoms with E-state index in [4.69, 9.17) is 11.6 Å². The number of halogens is 1. The van der Waals surface area contributed by atoms with Gasteiger partial charge in [-0.15, -0.1) is 5.10 Å². The van der Waals surface area contributed by atoms with Crippen molar-refractivity contribution < 1.29 is 4.79 Å². The minimum absolute atomic E-state index is 0.0294. The summed E-state index contributed by atoms with van der Waals surface area (Å²) < 4.78 is 3.87. The van der Waals surface area contributed by atoms with Crippen molar-refractivity contribution in [2.45, 2.75) is 26.2 Å². The zero-order valence-electron chi connectivity index (χ0n) is 10.2. The van der Waals surface area contributed by atoms with Crippen molar-refractivity contribution in [3.05, 3.63) is 45.4 Å². The van der Waals surface area contributed by atoms with Crippen LogP contribution in [0.15, 0.2) is 24.3 Å². The van der Waals surface area contributed by atoms with Gasteiger partial charge in [0.25, 0.3) is 0 Å². The molecule has 18 heavy (non-hydrogen) atoms. The molecule has 1 aromatic heterocycles. The number of ketones is 1. The molecule has 0 N–H and O–H groups in total. The number of nitrogens with zero attached hydrogens (tertiary/aromatic N) is 2. The first-order chi connectivity index (χ1) is 8.59. The first kappa shape index (κ1) is 13.2. The number of hydrogen-bond acceptors (Lipinski definition) is 4. The molecule has 2 rings (SSSR count). The summed E-state index contributed by atoms with van der Waals surface area (Å²) in [6, 6.07) is 7.38. The van der Waals surface area contributed by atoms with E-state index in [9.17, 15) is 4.79 Å². The third kappa shape index (κ3) is 2.76. The predicted octanol–water partition coefficient (Wildman–Crippen LogP) is 3.74. The van der Waals surface area contributed by atoms with E-state index in [1.54, 1.807) is 6.07 Å². The van der Waals surface area contributed by atoms with Crippen LogP contribution in [0.5, 0.6) is 0 Å². The summed E-state index contributed by atoms with van der Waals surface area (Å²) in [4.78, 5) is 12.9. The fourth-order valence-electron chi connectivity index (χ4n) is 1.66. The number of Topliss-reactive ketones (excluding diaryl/α,β-unsaturated/α-hetero) is 1. The molecule has 94 valence electrons. The Morgan fingerprint density at radius 1 is 1.39 bits per heavy atom. The summed E-state index contributed by atoms with van der Waals surface area (Å²) >= 11 is 7.21. The van der Waals surface area contributed by atoms with Gasteiger partial charge in [-0.25, -0.2) is 0 Å². The summed E-state index contributed by atoms with van der Waals surface area (Å²) in [5.41, 5.74) is 1.62. The van der Waals surface area contributed by atoms with Gasteiger partial charge in [-0.3, -0.25) is 4.79 Å². The van der Waals surface area contributed by atoms with E-state index in [2.05, 4.69) is 9.59 Å². The van der Waals surface area contributed by atoms with E-state index in [-0.39, 0.29) is 11.7 Å². The zero-order valence-corrected chi connectivity index (χ0v) is 11.8. The molecule has 0 unspecified atom stereocenters. The van der Waals surface area contributed by atoms with Crippen molar-refractivity contribution in [1.82, 2.24) is 9.59 Å². The van der Waals surface area contributed by atoms with Crippen molar-refractivity contribution in [3.8, 4) is 0 Å². The van der Waals surface area contributed by atoms with Gasteiger partial charge in [-0.1, -0.05) is 48.1 Å². The van der Waals surface area contributed by atoms with E-state index in [1.165, 1.54) is 0 Å². The second kappa shape index (κ2) is 5.59. The maximum Gasteiger partial charge on any atom is 0.180 e. The Balaban J connectivity index is 2.23. The van der Waals surface area contributed by atoms with Gasteiger partial charge in [0.15, 0.2) is 5.78 Å². The van der Waals surface area contributed by atoms with E-state index in [1.807, 2.05) is 32.0 Å². The number of aromatic nitrogens is 2. The molecule has 0 fully saturated rings. The normalized spacial score (nSPS) is 10.9. The quantitative estimate of drug-likeness (QED) is 0.801. The molecule has 5 heteroatoms. The Bertz CT molecular complexity index is 566. The largest absolute Gasteiger partial charge is 0.293 e. The maximum atomic E-state index is 12.2. The van der Waals surface area contributed by atoms with Crippen molar-refractivity contribution in [2.24, 2.45) is 0 Å². The van der Waals surface area contributed by atoms with Gasteiger partial charge < -0.3 is 0 Å². The van der Waals surface area contributed by atoms with E-state index in [0.29, 0.717) is 16.3 Å². The number of hydrogen-bond donors (Lipinski definition) is 0. The van der Waals surface area contributed by atoms with Gasteiger partial charge in [-0.05, 0) is 29.1 Å². The molecule has 0 bridgehead atoms. The monoisotopic (exact) mass is 280 g/mol. The van der Waals surface area contributed by atoms with E-state index in [0.717, 1.165) is 22.8 Å². The smallest absolute Gasteiger partial charge is 0.180 e. The maximum absolute atomic E-state index is 12.2.